The summed E-state index contributed by atoms with van der Waals surface area (Å²) in [5.74, 6) is 1.43. The maximum Gasteiger partial charge on any atom is 0.241 e. The minimum Gasteiger partial charge on any atom is -0.324 e. The van der Waals surface area contributed by atoms with Gasteiger partial charge in [0.25, 0.3) is 0 Å². The number of carbonyl (C=O) groups excluding carboxylic acids is 1. The van der Waals surface area contributed by atoms with Gasteiger partial charge in [-0.1, -0.05) is 54.6 Å². The van der Waals surface area contributed by atoms with Crippen LogP contribution in [0.25, 0.3) is 5.65 Å². The maximum atomic E-state index is 13.1. The van der Waals surface area contributed by atoms with E-state index in [0.717, 1.165) is 55.1 Å². The molecular formula is C27H29N5O. The highest BCUT2D eigenvalue weighted by Gasteiger charge is 2.29. The molecule has 4 aromatic rings. The van der Waals surface area contributed by atoms with Crippen molar-refractivity contribution >= 4 is 17.2 Å². The molecule has 0 bridgehead atoms. The SMILES string of the molecule is CC(C(=O)Nc1ccccc1Cc1ccccc1)N1CCC(c2nnc3ccccn23)CC1. The number of fused-ring (bicyclic) bond motifs is 1. The van der Waals surface area contributed by atoms with E-state index in [1.807, 2.05) is 67.7 Å². The molecule has 2 aromatic heterocycles. The Morgan fingerprint density at radius 3 is 2.52 bits per heavy atom. The van der Waals surface area contributed by atoms with E-state index in [4.69, 9.17) is 0 Å². The number of para-hydroxylation sites is 1. The third-order valence-electron chi connectivity index (χ3n) is 6.67. The van der Waals surface area contributed by atoms with Crippen LogP contribution in [0.5, 0.6) is 0 Å². The molecule has 1 atom stereocenters. The van der Waals surface area contributed by atoms with Crippen molar-refractivity contribution in [2.75, 3.05) is 18.4 Å². The van der Waals surface area contributed by atoms with Gasteiger partial charge in [0.15, 0.2) is 5.65 Å². The summed E-state index contributed by atoms with van der Waals surface area (Å²) in [5, 5.41) is 11.9. The zero-order valence-corrected chi connectivity index (χ0v) is 18.9. The Bertz CT molecular complexity index is 1230. The van der Waals surface area contributed by atoms with E-state index in [-0.39, 0.29) is 11.9 Å². The van der Waals surface area contributed by atoms with Gasteiger partial charge in [-0.05, 0) is 68.6 Å². The van der Waals surface area contributed by atoms with Crippen LogP contribution in [0.4, 0.5) is 5.69 Å². The summed E-state index contributed by atoms with van der Waals surface area (Å²) in [7, 11) is 0. The van der Waals surface area contributed by atoms with Crippen LogP contribution >= 0.6 is 0 Å². The third-order valence-corrected chi connectivity index (χ3v) is 6.67. The second-order valence-electron chi connectivity index (χ2n) is 8.78. The van der Waals surface area contributed by atoms with Crippen molar-refractivity contribution in [3.8, 4) is 0 Å². The fourth-order valence-electron chi connectivity index (χ4n) is 4.70. The molecular weight excluding hydrogens is 410 g/mol. The molecule has 6 heteroatoms. The zero-order valence-electron chi connectivity index (χ0n) is 18.9. The molecule has 0 spiro atoms. The summed E-state index contributed by atoms with van der Waals surface area (Å²) in [4.78, 5) is 15.4. The lowest BCUT2D eigenvalue weighted by atomic mass is 9.95. The molecule has 1 aliphatic rings. The molecule has 0 saturated carbocycles. The summed E-state index contributed by atoms with van der Waals surface area (Å²) < 4.78 is 2.08. The fourth-order valence-corrected chi connectivity index (χ4v) is 4.70. The van der Waals surface area contributed by atoms with Crippen LogP contribution in [0.15, 0.2) is 79.0 Å². The number of hydrogen-bond donors (Lipinski definition) is 1. The standard InChI is InChI=1S/C27H29N5O/c1-20(27(33)28-24-12-6-5-11-23(24)19-21-9-3-2-4-10-21)31-17-14-22(15-18-31)26-30-29-25-13-7-8-16-32(25)26/h2-13,16,20,22H,14-15,17-19H2,1H3,(H,28,33). The second-order valence-corrected chi connectivity index (χ2v) is 8.78. The van der Waals surface area contributed by atoms with E-state index in [1.54, 1.807) is 0 Å². The van der Waals surface area contributed by atoms with E-state index in [1.165, 1.54) is 5.56 Å². The van der Waals surface area contributed by atoms with Crippen molar-refractivity contribution in [2.45, 2.75) is 38.1 Å². The van der Waals surface area contributed by atoms with Crippen LogP contribution in [0, 0.1) is 0 Å². The first-order chi connectivity index (χ1) is 16.2. The Hall–Kier alpha value is -3.51. The Labute approximate surface area is 194 Å². The third kappa shape index (κ3) is 4.66. The van der Waals surface area contributed by atoms with Crippen molar-refractivity contribution < 1.29 is 4.79 Å². The van der Waals surface area contributed by atoms with E-state index < -0.39 is 0 Å². The van der Waals surface area contributed by atoms with E-state index in [9.17, 15) is 4.79 Å². The zero-order chi connectivity index (χ0) is 22.6. The Balaban J connectivity index is 1.21. The van der Waals surface area contributed by atoms with Crippen LogP contribution in [-0.4, -0.2) is 44.5 Å². The average Bonchev–Trinajstić information content (AvgIpc) is 3.30. The molecule has 0 aliphatic carbocycles. The number of nitrogens with zero attached hydrogens (tertiary/aromatic N) is 4. The summed E-state index contributed by atoms with van der Waals surface area (Å²) in [6, 6.07) is 24.2. The van der Waals surface area contributed by atoms with Crippen LogP contribution in [0.2, 0.25) is 0 Å². The number of anilines is 1. The van der Waals surface area contributed by atoms with E-state index >= 15 is 0 Å². The predicted octanol–water partition coefficient (Wildman–Crippen LogP) is 4.53. The number of rotatable bonds is 6. The van der Waals surface area contributed by atoms with Crippen molar-refractivity contribution in [2.24, 2.45) is 0 Å². The van der Waals surface area contributed by atoms with Crippen molar-refractivity contribution in [3.63, 3.8) is 0 Å². The topological polar surface area (TPSA) is 62.5 Å². The van der Waals surface area contributed by atoms with Crippen LogP contribution in [0.3, 0.4) is 0 Å². The van der Waals surface area contributed by atoms with Crippen LogP contribution in [-0.2, 0) is 11.2 Å². The van der Waals surface area contributed by atoms with Gasteiger partial charge in [-0.2, -0.15) is 0 Å². The highest BCUT2D eigenvalue weighted by molar-refractivity contribution is 5.95. The number of aromatic nitrogens is 3. The molecule has 6 nitrogen and oxygen atoms in total. The molecule has 5 rings (SSSR count). The van der Waals surface area contributed by atoms with Gasteiger partial charge in [0.1, 0.15) is 5.82 Å². The normalized spacial score (nSPS) is 16.0. The molecule has 33 heavy (non-hydrogen) atoms. The summed E-state index contributed by atoms with van der Waals surface area (Å²) >= 11 is 0. The molecule has 1 amide bonds. The largest absolute Gasteiger partial charge is 0.324 e. The van der Waals surface area contributed by atoms with Crippen molar-refractivity contribution in [1.29, 1.82) is 0 Å². The highest BCUT2D eigenvalue weighted by Crippen LogP contribution is 2.28. The first-order valence-corrected chi connectivity index (χ1v) is 11.7. The van der Waals surface area contributed by atoms with Gasteiger partial charge in [0, 0.05) is 17.8 Å². The van der Waals surface area contributed by atoms with Crippen LogP contribution in [0.1, 0.15) is 42.6 Å². The van der Waals surface area contributed by atoms with Gasteiger partial charge in [-0.15, -0.1) is 10.2 Å². The lowest BCUT2D eigenvalue weighted by Crippen LogP contribution is -2.46. The molecule has 1 aliphatic heterocycles. The number of nitrogens with one attached hydrogen (secondary N) is 1. The first-order valence-electron chi connectivity index (χ1n) is 11.7. The van der Waals surface area contributed by atoms with Gasteiger partial charge >= 0.3 is 0 Å². The van der Waals surface area contributed by atoms with Crippen LogP contribution < -0.4 is 5.32 Å². The van der Waals surface area contributed by atoms with Crippen molar-refractivity contribution in [3.05, 3.63) is 95.9 Å². The monoisotopic (exact) mass is 439 g/mol. The van der Waals surface area contributed by atoms with Gasteiger partial charge < -0.3 is 5.32 Å². The quantitative estimate of drug-likeness (QED) is 0.480. The molecule has 0 radical (unpaired) electrons. The predicted molar refractivity (Wildman–Crippen MR) is 130 cm³/mol. The van der Waals surface area contributed by atoms with Gasteiger partial charge in [-0.25, -0.2) is 0 Å². The minimum atomic E-state index is -0.189. The van der Waals surface area contributed by atoms with Gasteiger partial charge in [0.05, 0.1) is 6.04 Å². The number of amides is 1. The smallest absolute Gasteiger partial charge is 0.241 e. The summed E-state index contributed by atoms with van der Waals surface area (Å²) in [6.45, 7) is 3.74. The van der Waals surface area contributed by atoms with Crippen molar-refractivity contribution in [1.82, 2.24) is 19.5 Å². The molecule has 168 valence electrons. The number of carbonyl (C=O) groups is 1. The minimum absolute atomic E-state index is 0.0434. The van der Waals surface area contributed by atoms with Gasteiger partial charge in [0.2, 0.25) is 5.91 Å². The average molecular weight is 440 g/mol. The molecule has 1 N–H and O–H groups in total. The Kier molecular flexibility index (Phi) is 6.17. The second kappa shape index (κ2) is 9.55. The molecule has 1 unspecified atom stereocenters. The lowest BCUT2D eigenvalue weighted by molar-refractivity contribution is -0.121. The highest BCUT2D eigenvalue weighted by atomic mass is 16.2. The number of benzene rings is 2. The molecule has 1 saturated heterocycles. The maximum absolute atomic E-state index is 13.1. The summed E-state index contributed by atoms with van der Waals surface area (Å²) in [5.41, 5.74) is 4.14. The van der Waals surface area contributed by atoms with E-state index in [2.05, 4.69) is 43.0 Å². The van der Waals surface area contributed by atoms with Gasteiger partial charge in [-0.3, -0.25) is 14.1 Å². The number of piperidine rings is 1. The molecule has 2 aromatic carbocycles. The number of likely N-dealkylation sites (tertiary alicyclic amines) is 1. The lowest BCUT2D eigenvalue weighted by Gasteiger charge is -2.34. The number of pyridine rings is 1. The fraction of sp³-hybridized carbons (Fsp3) is 0.296. The first kappa shape index (κ1) is 21.3. The number of hydrogen-bond acceptors (Lipinski definition) is 4. The Morgan fingerprint density at radius 2 is 1.70 bits per heavy atom. The molecule has 3 heterocycles. The van der Waals surface area contributed by atoms with E-state index in [0.29, 0.717) is 5.92 Å². The summed E-state index contributed by atoms with van der Waals surface area (Å²) in [6.07, 6.45) is 4.76. The Morgan fingerprint density at radius 1 is 0.970 bits per heavy atom. The molecule has 1 fully saturated rings.